The van der Waals surface area contributed by atoms with E-state index in [9.17, 15) is 4.39 Å². The summed E-state index contributed by atoms with van der Waals surface area (Å²) in [6.07, 6.45) is 1.24. The number of piperidine rings is 1. The van der Waals surface area contributed by atoms with E-state index in [-0.39, 0.29) is 5.82 Å². The SMILES string of the molecule is CC1CC(C)CN(c2nc(-c3ccccc3F)nc3ccccc23)C1. The Labute approximate surface area is 147 Å². The van der Waals surface area contributed by atoms with E-state index in [1.54, 1.807) is 12.1 Å². The number of para-hydroxylation sites is 1. The van der Waals surface area contributed by atoms with Crippen LogP contribution >= 0.6 is 0 Å². The van der Waals surface area contributed by atoms with Gasteiger partial charge in [0, 0.05) is 18.5 Å². The van der Waals surface area contributed by atoms with Crippen LogP contribution < -0.4 is 4.90 Å². The topological polar surface area (TPSA) is 29.0 Å². The lowest BCUT2D eigenvalue weighted by atomic mass is 9.92. The average Bonchev–Trinajstić information content (AvgIpc) is 2.60. The highest BCUT2D eigenvalue weighted by atomic mass is 19.1. The molecule has 2 aromatic carbocycles. The smallest absolute Gasteiger partial charge is 0.165 e. The van der Waals surface area contributed by atoms with E-state index < -0.39 is 0 Å². The molecular weight excluding hydrogens is 313 g/mol. The molecule has 0 spiro atoms. The number of benzene rings is 2. The predicted octanol–water partition coefficient (Wildman–Crippen LogP) is 4.92. The molecule has 2 heterocycles. The van der Waals surface area contributed by atoms with E-state index in [1.165, 1.54) is 12.5 Å². The van der Waals surface area contributed by atoms with Crippen LogP contribution in [0.2, 0.25) is 0 Å². The van der Waals surface area contributed by atoms with Gasteiger partial charge in [-0.3, -0.25) is 0 Å². The Hall–Kier alpha value is -2.49. The average molecular weight is 335 g/mol. The predicted molar refractivity (Wildman–Crippen MR) is 100 cm³/mol. The standard InChI is InChI=1S/C21H22FN3/c1-14-11-15(2)13-25(12-14)21-17-8-4-6-10-19(17)23-20(24-21)16-7-3-5-9-18(16)22/h3-10,14-15H,11-13H2,1-2H3. The second-order valence-corrected chi connectivity index (χ2v) is 7.22. The molecule has 25 heavy (non-hydrogen) atoms. The summed E-state index contributed by atoms with van der Waals surface area (Å²) >= 11 is 0. The van der Waals surface area contributed by atoms with Crippen LogP contribution in [0.15, 0.2) is 48.5 Å². The van der Waals surface area contributed by atoms with Gasteiger partial charge in [-0.05, 0) is 42.5 Å². The fourth-order valence-corrected chi connectivity index (χ4v) is 3.90. The Kier molecular flexibility index (Phi) is 4.12. The van der Waals surface area contributed by atoms with Crippen LogP contribution in [0.1, 0.15) is 20.3 Å². The molecule has 0 saturated carbocycles. The summed E-state index contributed by atoms with van der Waals surface area (Å²) in [6, 6.07) is 14.7. The third kappa shape index (κ3) is 3.09. The highest BCUT2D eigenvalue weighted by molar-refractivity contribution is 5.91. The highest BCUT2D eigenvalue weighted by Crippen LogP contribution is 2.32. The first kappa shape index (κ1) is 16.0. The molecule has 0 amide bonds. The molecule has 128 valence electrons. The van der Waals surface area contributed by atoms with Gasteiger partial charge in [0.25, 0.3) is 0 Å². The largest absolute Gasteiger partial charge is 0.355 e. The van der Waals surface area contributed by atoms with Crippen LogP contribution in [-0.2, 0) is 0 Å². The molecular formula is C21H22FN3. The number of aromatic nitrogens is 2. The van der Waals surface area contributed by atoms with Crippen molar-refractivity contribution in [2.45, 2.75) is 20.3 Å². The Morgan fingerprint density at radius 2 is 1.60 bits per heavy atom. The van der Waals surface area contributed by atoms with Crippen LogP contribution in [0.25, 0.3) is 22.3 Å². The summed E-state index contributed by atoms with van der Waals surface area (Å²) in [5.74, 6) is 2.33. The van der Waals surface area contributed by atoms with Crippen LogP contribution in [0, 0.1) is 17.7 Å². The lowest BCUT2D eigenvalue weighted by Gasteiger charge is -2.36. The molecule has 0 bridgehead atoms. The van der Waals surface area contributed by atoms with Gasteiger partial charge in [-0.2, -0.15) is 0 Å². The third-order valence-electron chi connectivity index (χ3n) is 4.87. The zero-order valence-corrected chi connectivity index (χ0v) is 14.6. The van der Waals surface area contributed by atoms with Gasteiger partial charge in [0.05, 0.1) is 11.1 Å². The Balaban J connectivity index is 1.89. The monoisotopic (exact) mass is 335 g/mol. The van der Waals surface area contributed by atoms with E-state index in [0.717, 1.165) is 29.8 Å². The summed E-state index contributed by atoms with van der Waals surface area (Å²) < 4.78 is 14.3. The van der Waals surface area contributed by atoms with Crippen LogP contribution in [0.3, 0.4) is 0 Å². The number of hydrogen-bond donors (Lipinski definition) is 0. The van der Waals surface area contributed by atoms with Gasteiger partial charge < -0.3 is 4.90 Å². The molecule has 3 nitrogen and oxygen atoms in total. The highest BCUT2D eigenvalue weighted by Gasteiger charge is 2.25. The first-order valence-electron chi connectivity index (χ1n) is 8.88. The number of hydrogen-bond acceptors (Lipinski definition) is 3. The van der Waals surface area contributed by atoms with Gasteiger partial charge in [-0.25, -0.2) is 14.4 Å². The molecule has 1 aliphatic rings. The lowest BCUT2D eigenvalue weighted by molar-refractivity contribution is 0.356. The fourth-order valence-electron chi connectivity index (χ4n) is 3.90. The summed E-state index contributed by atoms with van der Waals surface area (Å²) in [6.45, 7) is 6.51. The Morgan fingerprint density at radius 3 is 2.36 bits per heavy atom. The molecule has 3 aromatic rings. The number of fused-ring (bicyclic) bond motifs is 1. The minimum absolute atomic E-state index is 0.288. The molecule has 2 atom stereocenters. The second kappa shape index (κ2) is 6.43. The lowest BCUT2D eigenvalue weighted by Crippen LogP contribution is -2.39. The van der Waals surface area contributed by atoms with Gasteiger partial charge in [0.15, 0.2) is 5.82 Å². The van der Waals surface area contributed by atoms with Crippen LogP contribution in [-0.4, -0.2) is 23.1 Å². The maximum atomic E-state index is 14.3. The molecule has 0 N–H and O–H groups in total. The molecule has 0 radical (unpaired) electrons. The van der Waals surface area contributed by atoms with Crippen LogP contribution in [0.5, 0.6) is 0 Å². The van der Waals surface area contributed by atoms with Crippen molar-refractivity contribution < 1.29 is 4.39 Å². The van der Waals surface area contributed by atoms with Crippen molar-refractivity contribution in [1.29, 1.82) is 0 Å². The van der Waals surface area contributed by atoms with Gasteiger partial charge in [-0.1, -0.05) is 38.1 Å². The van der Waals surface area contributed by atoms with Crippen molar-refractivity contribution in [2.24, 2.45) is 11.8 Å². The van der Waals surface area contributed by atoms with Gasteiger partial charge in [-0.15, -0.1) is 0 Å². The van der Waals surface area contributed by atoms with E-state index in [1.807, 2.05) is 24.3 Å². The number of halogens is 1. The zero-order valence-electron chi connectivity index (χ0n) is 14.6. The zero-order chi connectivity index (χ0) is 17.4. The minimum atomic E-state index is -0.288. The van der Waals surface area contributed by atoms with E-state index in [0.29, 0.717) is 23.2 Å². The maximum Gasteiger partial charge on any atom is 0.165 e. The maximum absolute atomic E-state index is 14.3. The van der Waals surface area contributed by atoms with Crippen molar-refractivity contribution in [3.05, 3.63) is 54.3 Å². The van der Waals surface area contributed by atoms with E-state index >= 15 is 0 Å². The third-order valence-corrected chi connectivity index (χ3v) is 4.87. The summed E-state index contributed by atoms with van der Waals surface area (Å²) in [5, 5.41) is 1.03. The fraction of sp³-hybridized carbons (Fsp3) is 0.333. The molecule has 0 aliphatic carbocycles. The number of rotatable bonds is 2. The molecule has 1 fully saturated rings. The molecule has 4 rings (SSSR count). The summed E-state index contributed by atoms with van der Waals surface area (Å²) in [7, 11) is 0. The van der Waals surface area contributed by atoms with Crippen molar-refractivity contribution in [1.82, 2.24) is 9.97 Å². The first-order chi connectivity index (χ1) is 12.1. The molecule has 2 unspecified atom stereocenters. The molecule has 1 saturated heterocycles. The summed E-state index contributed by atoms with van der Waals surface area (Å²) in [5.41, 5.74) is 1.31. The minimum Gasteiger partial charge on any atom is -0.355 e. The molecule has 1 aromatic heterocycles. The van der Waals surface area contributed by atoms with Gasteiger partial charge >= 0.3 is 0 Å². The van der Waals surface area contributed by atoms with E-state index in [2.05, 4.69) is 29.8 Å². The van der Waals surface area contributed by atoms with Crippen LogP contribution in [0.4, 0.5) is 10.2 Å². The van der Waals surface area contributed by atoms with Crippen molar-refractivity contribution in [3.8, 4) is 11.4 Å². The summed E-state index contributed by atoms with van der Waals surface area (Å²) in [4.78, 5) is 11.8. The van der Waals surface area contributed by atoms with Gasteiger partial charge in [0.2, 0.25) is 0 Å². The normalized spacial score (nSPS) is 20.8. The Bertz CT molecular complexity index is 899. The number of nitrogens with zero attached hydrogens (tertiary/aromatic N) is 3. The first-order valence-corrected chi connectivity index (χ1v) is 8.88. The molecule has 1 aliphatic heterocycles. The quantitative estimate of drug-likeness (QED) is 0.666. The number of anilines is 1. The molecule has 4 heteroatoms. The van der Waals surface area contributed by atoms with Crippen molar-refractivity contribution in [2.75, 3.05) is 18.0 Å². The second-order valence-electron chi connectivity index (χ2n) is 7.22. The van der Waals surface area contributed by atoms with Gasteiger partial charge in [0.1, 0.15) is 11.6 Å². The van der Waals surface area contributed by atoms with E-state index in [4.69, 9.17) is 4.98 Å². The van der Waals surface area contributed by atoms with Crippen molar-refractivity contribution in [3.63, 3.8) is 0 Å². The van der Waals surface area contributed by atoms with Crippen molar-refractivity contribution >= 4 is 16.7 Å². The Morgan fingerprint density at radius 1 is 0.920 bits per heavy atom.